The van der Waals surface area contributed by atoms with Crippen molar-refractivity contribution >= 4 is 6.16 Å². The van der Waals surface area contributed by atoms with Crippen LogP contribution in [0.2, 0.25) is 0 Å². The summed E-state index contributed by atoms with van der Waals surface area (Å²) in [7, 11) is 0. The van der Waals surface area contributed by atoms with Crippen LogP contribution in [0.15, 0.2) is 0 Å². The molecule has 0 saturated heterocycles. The topological polar surface area (TPSA) is 94.5 Å². The van der Waals surface area contributed by atoms with Crippen molar-refractivity contribution in [1.82, 2.24) is 0 Å². The third-order valence-corrected chi connectivity index (χ3v) is 6.95. The van der Waals surface area contributed by atoms with Gasteiger partial charge in [0.25, 0.3) is 0 Å². The molecule has 0 aliphatic heterocycles. The van der Waals surface area contributed by atoms with Gasteiger partial charge in [-0.2, -0.15) is 0 Å². The highest BCUT2D eigenvalue weighted by atomic mass is 16.7. The molecule has 0 aliphatic rings. The molecule has 0 fully saturated rings. The van der Waals surface area contributed by atoms with Gasteiger partial charge in [0.15, 0.2) is 11.5 Å². The fourth-order valence-electron chi connectivity index (χ4n) is 4.59. The van der Waals surface area contributed by atoms with Gasteiger partial charge < -0.3 is 29.2 Å². The number of aromatic hydroxyl groups is 1. The predicted octanol–water partition coefficient (Wildman–Crippen LogP) is 9.98. The summed E-state index contributed by atoms with van der Waals surface area (Å²) >= 11 is 0. The van der Waals surface area contributed by atoms with E-state index in [2.05, 4.69) is 20.8 Å². The van der Waals surface area contributed by atoms with Crippen LogP contribution in [0.1, 0.15) is 142 Å². The van der Waals surface area contributed by atoms with E-state index in [-0.39, 0.29) is 17.2 Å². The van der Waals surface area contributed by atoms with Crippen molar-refractivity contribution in [3.05, 3.63) is 5.56 Å². The number of benzene rings is 1. The average Bonchev–Trinajstić information content (AvgIpc) is 2.91. The summed E-state index contributed by atoms with van der Waals surface area (Å²) in [6.45, 7) is 9.60. The zero-order valence-corrected chi connectivity index (χ0v) is 25.3. The molecule has 1 aromatic carbocycles. The van der Waals surface area contributed by atoms with E-state index >= 15 is 0 Å². The Morgan fingerprint density at radius 2 is 0.897 bits per heavy atom. The first kappa shape index (κ1) is 34.7. The minimum Gasteiger partial charge on any atom is -0.502 e. The highest BCUT2D eigenvalue weighted by Gasteiger charge is 2.28. The van der Waals surface area contributed by atoms with Crippen molar-refractivity contribution in [2.45, 2.75) is 143 Å². The lowest BCUT2D eigenvalue weighted by Crippen LogP contribution is -2.11. The molecule has 226 valence electrons. The lowest BCUT2D eigenvalue weighted by molar-refractivity contribution is 0.141. The van der Waals surface area contributed by atoms with Crippen LogP contribution in [0.25, 0.3) is 0 Å². The number of phenols is 1. The smallest absolute Gasteiger partial charge is 0.502 e. The van der Waals surface area contributed by atoms with Crippen molar-refractivity contribution in [2.75, 3.05) is 19.8 Å². The monoisotopic (exact) mass is 552 g/mol. The van der Waals surface area contributed by atoms with Gasteiger partial charge >= 0.3 is 6.16 Å². The number of carbonyl (C=O) groups is 1. The van der Waals surface area contributed by atoms with Gasteiger partial charge in [0.2, 0.25) is 17.2 Å². The highest BCUT2D eigenvalue weighted by molar-refractivity contribution is 5.73. The molecular formula is C32H56O7. The Morgan fingerprint density at radius 3 is 1.31 bits per heavy atom. The third kappa shape index (κ3) is 14.6. The number of hydrogen-bond acceptors (Lipinski definition) is 6. The predicted molar refractivity (Wildman–Crippen MR) is 158 cm³/mol. The summed E-state index contributed by atoms with van der Waals surface area (Å²) in [4.78, 5) is 11.4. The second-order valence-electron chi connectivity index (χ2n) is 10.5. The van der Waals surface area contributed by atoms with E-state index in [1.54, 1.807) is 6.92 Å². The average molecular weight is 553 g/mol. The van der Waals surface area contributed by atoms with Gasteiger partial charge in [0.05, 0.1) is 19.8 Å². The van der Waals surface area contributed by atoms with E-state index < -0.39 is 6.16 Å². The van der Waals surface area contributed by atoms with Crippen LogP contribution in [-0.2, 0) is 0 Å². The largest absolute Gasteiger partial charge is 0.511 e. The Labute approximate surface area is 237 Å². The molecule has 0 spiro atoms. The van der Waals surface area contributed by atoms with Gasteiger partial charge in [-0.1, -0.05) is 117 Å². The Kier molecular flexibility index (Phi) is 20.0. The minimum atomic E-state index is -1.50. The lowest BCUT2D eigenvalue weighted by Gasteiger charge is -2.22. The van der Waals surface area contributed by atoms with E-state index in [0.29, 0.717) is 36.9 Å². The molecule has 7 nitrogen and oxygen atoms in total. The number of hydrogen-bond donors (Lipinski definition) is 2. The zero-order valence-electron chi connectivity index (χ0n) is 25.3. The van der Waals surface area contributed by atoms with Gasteiger partial charge in [-0.15, -0.1) is 0 Å². The summed E-state index contributed by atoms with van der Waals surface area (Å²) in [5, 5.41) is 20.4. The summed E-state index contributed by atoms with van der Waals surface area (Å²) < 4.78 is 23.4. The summed E-state index contributed by atoms with van der Waals surface area (Å²) in [6, 6.07) is 0. The fourth-order valence-corrected chi connectivity index (χ4v) is 4.59. The van der Waals surface area contributed by atoms with Gasteiger partial charge in [-0.3, -0.25) is 0 Å². The van der Waals surface area contributed by atoms with Crippen LogP contribution >= 0.6 is 0 Å². The first-order valence-electron chi connectivity index (χ1n) is 15.7. The molecule has 39 heavy (non-hydrogen) atoms. The van der Waals surface area contributed by atoms with Gasteiger partial charge in [0, 0.05) is 5.56 Å². The molecule has 0 atom stereocenters. The Balaban J connectivity index is 3.06. The quantitative estimate of drug-likeness (QED) is 0.0708. The standard InChI is InChI=1S/C32H56O7/c1-5-8-11-14-17-20-23-36-29-26(4)28(39-32(34)35)27(33)30(37-24-21-18-15-12-9-6-2)31(29)38-25-22-19-16-13-10-7-3/h33H,5-25H2,1-4H3,(H,34,35). The zero-order chi connectivity index (χ0) is 28.7. The van der Waals surface area contributed by atoms with Crippen LogP contribution in [-0.4, -0.2) is 36.2 Å². The number of phenolic OH excluding ortho intramolecular Hbond substituents is 1. The van der Waals surface area contributed by atoms with Crippen LogP contribution in [0.5, 0.6) is 28.7 Å². The van der Waals surface area contributed by atoms with Crippen LogP contribution in [0.3, 0.4) is 0 Å². The third-order valence-electron chi connectivity index (χ3n) is 6.95. The summed E-state index contributed by atoms with van der Waals surface area (Å²) in [5.41, 5.74) is 0.394. The van der Waals surface area contributed by atoms with E-state index in [1.807, 2.05) is 0 Å². The SMILES string of the molecule is CCCCCCCCOc1c(C)c(OC(=O)O)c(O)c(OCCCCCCCC)c1OCCCCCCCC. The maximum atomic E-state index is 11.4. The van der Waals surface area contributed by atoms with Crippen LogP contribution in [0, 0.1) is 6.92 Å². The molecule has 7 heteroatoms. The molecule has 1 rings (SSSR count). The molecule has 0 bridgehead atoms. The molecular weight excluding hydrogens is 496 g/mol. The number of carboxylic acid groups (broad SMARTS) is 1. The maximum absolute atomic E-state index is 11.4. The number of ether oxygens (including phenoxy) is 4. The van der Waals surface area contributed by atoms with Crippen LogP contribution in [0.4, 0.5) is 4.79 Å². The lowest BCUT2D eigenvalue weighted by atomic mass is 10.1. The van der Waals surface area contributed by atoms with Crippen LogP contribution < -0.4 is 18.9 Å². The van der Waals surface area contributed by atoms with Crippen molar-refractivity contribution in [1.29, 1.82) is 0 Å². The first-order chi connectivity index (χ1) is 19.0. The van der Waals surface area contributed by atoms with E-state index in [9.17, 15) is 15.0 Å². The van der Waals surface area contributed by atoms with Crippen molar-refractivity contribution in [2.24, 2.45) is 0 Å². The van der Waals surface area contributed by atoms with Gasteiger partial charge in [-0.05, 0) is 26.2 Å². The Hall–Kier alpha value is -2.31. The van der Waals surface area contributed by atoms with Crippen molar-refractivity contribution < 1.29 is 34.0 Å². The molecule has 0 amide bonds. The normalized spacial score (nSPS) is 11.0. The molecule has 0 unspecified atom stereocenters. The minimum absolute atomic E-state index is 0.106. The second-order valence-corrected chi connectivity index (χ2v) is 10.5. The molecule has 0 radical (unpaired) electrons. The Morgan fingerprint density at radius 1 is 0.538 bits per heavy atom. The molecule has 0 saturated carbocycles. The summed E-state index contributed by atoms with van der Waals surface area (Å²) in [6.07, 6.45) is 18.6. The fraction of sp³-hybridized carbons (Fsp3) is 0.781. The van der Waals surface area contributed by atoms with Crippen molar-refractivity contribution in [3.63, 3.8) is 0 Å². The van der Waals surface area contributed by atoms with E-state index in [1.165, 1.54) is 57.8 Å². The maximum Gasteiger partial charge on any atom is 0.511 e. The molecule has 1 aromatic rings. The first-order valence-corrected chi connectivity index (χ1v) is 15.7. The van der Waals surface area contributed by atoms with Gasteiger partial charge in [-0.25, -0.2) is 4.79 Å². The van der Waals surface area contributed by atoms with Gasteiger partial charge in [0.1, 0.15) is 0 Å². The highest BCUT2D eigenvalue weighted by Crippen LogP contribution is 2.53. The second kappa shape index (κ2) is 22.5. The molecule has 0 aromatic heterocycles. The van der Waals surface area contributed by atoms with E-state index in [0.717, 1.165) is 57.8 Å². The van der Waals surface area contributed by atoms with Crippen molar-refractivity contribution in [3.8, 4) is 28.7 Å². The molecule has 2 N–H and O–H groups in total. The Bertz CT molecular complexity index is 733. The van der Waals surface area contributed by atoms with E-state index in [4.69, 9.17) is 18.9 Å². The molecule has 0 heterocycles. The summed E-state index contributed by atoms with van der Waals surface area (Å²) in [5.74, 6) is 0.320. The number of rotatable bonds is 25. The molecule has 0 aliphatic carbocycles. The number of unbranched alkanes of at least 4 members (excludes halogenated alkanes) is 15.